The molecule has 1 aliphatic carbocycles. The molecule has 1 aliphatic rings. The number of aromatic nitrogens is 1. The zero-order chi connectivity index (χ0) is 11.7. The molecule has 0 bridgehead atoms. The third kappa shape index (κ3) is 2.02. The third-order valence-corrected chi connectivity index (χ3v) is 3.11. The van der Waals surface area contributed by atoms with Gasteiger partial charge in [0.25, 0.3) is 5.88 Å². The largest absolute Gasteiger partial charge is 0.472 e. The number of rotatable bonds is 2. The van der Waals surface area contributed by atoms with Gasteiger partial charge >= 0.3 is 0 Å². The Morgan fingerprint density at radius 3 is 2.82 bits per heavy atom. The highest BCUT2D eigenvalue weighted by molar-refractivity contribution is 5.82. The smallest absolute Gasteiger partial charge is 0.262 e. The highest BCUT2D eigenvalue weighted by Gasteiger charge is 2.22. The molecule has 1 aromatic heterocycles. The van der Waals surface area contributed by atoms with Crippen molar-refractivity contribution in [2.45, 2.75) is 31.8 Å². The molecule has 1 aromatic carbocycles. The monoisotopic (exact) mass is 231 g/mol. The Labute approximate surface area is 98.5 Å². The van der Waals surface area contributed by atoms with Gasteiger partial charge in [-0.15, -0.1) is 0 Å². The van der Waals surface area contributed by atoms with Crippen LogP contribution >= 0.6 is 0 Å². The minimum Gasteiger partial charge on any atom is -0.472 e. The van der Waals surface area contributed by atoms with Gasteiger partial charge in [-0.05, 0) is 30.1 Å². The molecule has 1 fully saturated rings. The Balaban J connectivity index is 1.78. The zero-order valence-corrected chi connectivity index (χ0v) is 9.39. The van der Waals surface area contributed by atoms with Crippen LogP contribution in [-0.2, 0) is 4.79 Å². The van der Waals surface area contributed by atoms with E-state index in [2.05, 4.69) is 5.16 Å². The summed E-state index contributed by atoms with van der Waals surface area (Å²) in [5, 5.41) is 4.82. The highest BCUT2D eigenvalue weighted by Crippen LogP contribution is 2.27. The lowest BCUT2D eigenvalue weighted by Gasteiger charge is -2.20. The fourth-order valence-corrected chi connectivity index (χ4v) is 2.14. The summed E-state index contributed by atoms with van der Waals surface area (Å²) in [5.41, 5.74) is 0.731. The molecular weight excluding hydrogens is 218 g/mol. The molecule has 4 nitrogen and oxygen atoms in total. The van der Waals surface area contributed by atoms with E-state index in [4.69, 9.17) is 9.26 Å². The number of ether oxygens (including phenoxy) is 1. The Morgan fingerprint density at radius 1 is 1.24 bits per heavy atom. The molecule has 88 valence electrons. The van der Waals surface area contributed by atoms with E-state index in [9.17, 15) is 4.79 Å². The van der Waals surface area contributed by atoms with E-state index >= 15 is 0 Å². The molecule has 17 heavy (non-hydrogen) atoms. The molecule has 0 spiro atoms. The maximum Gasteiger partial charge on any atom is 0.262 e. The van der Waals surface area contributed by atoms with E-state index in [-0.39, 0.29) is 6.10 Å². The number of nitrogens with zero attached hydrogens (tertiary/aromatic N) is 1. The number of hydrogen-bond acceptors (Lipinski definition) is 4. The van der Waals surface area contributed by atoms with Gasteiger partial charge in [-0.25, -0.2) is 0 Å². The number of carbonyl (C=O) groups is 1. The number of ketones is 1. The van der Waals surface area contributed by atoms with E-state index < -0.39 is 0 Å². The van der Waals surface area contributed by atoms with Crippen LogP contribution in [0.4, 0.5) is 0 Å². The van der Waals surface area contributed by atoms with Gasteiger partial charge in [0.2, 0.25) is 0 Å². The molecule has 0 amide bonds. The molecule has 0 unspecified atom stereocenters. The topological polar surface area (TPSA) is 52.3 Å². The van der Waals surface area contributed by atoms with Crippen LogP contribution in [0.3, 0.4) is 0 Å². The average molecular weight is 231 g/mol. The number of para-hydroxylation sites is 1. The number of Topliss-reactive ketones (excluding diaryl/α,β-unsaturated/α-hetero) is 1. The minimum absolute atomic E-state index is 0.0845. The van der Waals surface area contributed by atoms with Crippen LogP contribution in [0.25, 0.3) is 11.0 Å². The van der Waals surface area contributed by atoms with Crippen LogP contribution in [0.15, 0.2) is 28.8 Å². The summed E-state index contributed by atoms with van der Waals surface area (Å²) in [7, 11) is 0. The van der Waals surface area contributed by atoms with Gasteiger partial charge in [0.1, 0.15) is 11.9 Å². The van der Waals surface area contributed by atoms with Crippen molar-refractivity contribution in [1.82, 2.24) is 5.16 Å². The fraction of sp³-hybridized carbons (Fsp3) is 0.385. The number of carbonyl (C=O) groups excluding carboxylic acids is 1. The van der Waals surface area contributed by atoms with Gasteiger partial charge in [0, 0.05) is 12.8 Å². The molecule has 0 N–H and O–H groups in total. The standard InChI is InChI=1S/C13H13NO3/c15-9-5-7-10(8-6-9)16-13-11-3-1-2-4-12(11)17-14-13/h1-4,10H,5-8H2. The molecule has 4 heteroatoms. The molecule has 0 saturated heterocycles. The quantitative estimate of drug-likeness (QED) is 0.797. The normalized spacial score (nSPS) is 17.5. The van der Waals surface area contributed by atoms with E-state index in [0.29, 0.717) is 24.5 Å². The van der Waals surface area contributed by atoms with Crippen LogP contribution in [0.2, 0.25) is 0 Å². The average Bonchev–Trinajstić information content (AvgIpc) is 2.76. The molecule has 1 heterocycles. The Kier molecular flexibility index (Phi) is 2.55. The van der Waals surface area contributed by atoms with Gasteiger partial charge in [0.15, 0.2) is 5.58 Å². The van der Waals surface area contributed by atoms with Crippen LogP contribution in [-0.4, -0.2) is 17.0 Å². The summed E-state index contributed by atoms with van der Waals surface area (Å²) in [6.07, 6.45) is 2.86. The maximum absolute atomic E-state index is 11.1. The van der Waals surface area contributed by atoms with E-state index in [0.717, 1.165) is 23.8 Å². The van der Waals surface area contributed by atoms with Gasteiger partial charge in [-0.1, -0.05) is 12.1 Å². The van der Waals surface area contributed by atoms with Crippen LogP contribution in [0.5, 0.6) is 5.88 Å². The van der Waals surface area contributed by atoms with Crippen LogP contribution < -0.4 is 4.74 Å². The predicted octanol–water partition coefficient (Wildman–Crippen LogP) is 2.72. The van der Waals surface area contributed by atoms with Crippen molar-refractivity contribution in [3.63, 3.8) is 0 Å². The van der Waals surface area contributed by atoms with Crippen molar-refractivity contribution in [3.8, 4) is 5.88 Å². The Bertz CT molecular complexity index is 536. The lowest BCUT2D eigenvalue weighted by atomic mass is 9.96. The molecule has 2 aromatic rings. The number of hydrogen-bond donors (Lipinski definition) is 0. The van der Waals surface area contributed by atoms with Crippen molar-refractivity contribution in [2.24, 2.45) is 0 Å². The van der Waals surface area contributed by atoms with Gasteiger partial charge in [-0.2, -0.15) is 0 Å². The molecule has 3 rings (SSSR count). The van der Waals surface area contributed by atoms with Crippen molar-refractivity contribution in [2.75, 3.05) is 0 Å². The van der Waals surface area contributed by atoms with E-state index in [1.807, 2.05) is 24.3 Å². The maximum atomic E-state index is 11.1. The number of benzene rings is 1. The van der Waals surface area contributed by atoms with Gasteiger partial charge in [0.05, 0.1) is 5.39 Å². The first kappa shape index (κ1) is 10.3. The van der Waals surface area contributed by atoms with Crippen molar-refractivity contribution >= 4 is 16.8 Å². The van der Waals surface area contributed by atoms with Gasteiger partial charge < -0.3 is 9.26 Å². The highest BCUT2D eigenvalue weighted by atomic mass is 16.5. The third-order valence-electron chi connectivity index (χ3n) is 3.11. The summed E-state index contributed by atoms with van der Waals surface area (Å²) in [5.74, 6) is 0.870. The SMILES string of the molecule is O=C1CCC(Oc2noc3ccccc23)CC1. The molecule has 0 radical (unpaired) electrons. The zero-order valence-electron chi connectivity index (χ0n) is 9.39. The molecular formula is C13H13NO3. The predicted molar refractivity (Wildman–Crippen MR) is 61.9 cm³/mol. The Morgan fingerprint density at radius 2 is 2.00 bits per heavy atom. The first-order chi connectivity index (χ1) is 8.33. The Hall–Kier alpha value is -1.84. The summed E-state index contributed by atoms with van der Waals surface area (Å²) in [4.78, 5) is 11.1. The summed E-state index contributed by atoms with van der Waals surface area (Å²) >= 11 is 0. The summed E-state index contributed by atoms with van der Waals surface area (Å²) < 4.78 is 11.0. The molecule has 0 atom stereocenters. The molecule has 0 aliphatic heterocycles. The second-order valence-corrected chi connectivity index (χ2v) is 4.34. The fourth-order valence-electron chi connectivity index (χ4n) is 2.14. The van der Waals surface area contributed by atoms with E-state index in [1.54, 1.807) is 0 Å². The van der Waals surface area contributed by atoms with Crippen LogP contribution in [0.1, 0.15) is 25.7 Å². The second-order valence-electron chi connectivity index (χ2n) is 4.34. The van der Waals surface area contributed by atoms with Gasteiger partial charge in [-0.3, -0.25) is 4.79 Å². The minimum atomic E-state index is 0.0845. The number of fused-ring (bicyclic) bond motifs is 1. The summed E-state index contributed by atoms with van der Waals surface area (Å²) in [6.45, 7) is 0. The van der Waals surface area contributed by atoms with Crippen LogP contribution in [0, 0.1) is 0 Å². The summed E-state index contributed by atoms with van der Waals surface area (Å²) in [6, 6.07) is 7.61. The molecule has 1 saturated carbocycles. The van der Waals surface area contributed by atoms with Crippen molar-refractivity contribution in [1.29, 1.82) is 0 Å². The van der Waals surface area contributed by atoms with E-state index in [1.165, 1.54) is 0 Å². The first-order valence-electron chi connectivity index (χ1n) is 5.86. The first-order valence-corrected chi connectivity index (χ1v) is 5.86. The lowest BCUT2D eigenvalue weighted by Crippen LogP contribution is -2.24. The second kappa shape index (κ2) is 4.20. The van der Waals surface area contributed by atoms with Crippen molar-refractivity contribution in [3.05, 3.63) is 24.3 Å². The van der Waals surface area contributed by atoms with Crippen molar-refractivity contribution < 1.29 is 14.1 Å². The lowest BCUT2D eigenvalue weighted by molar-refractivity contribution is -0.121.